The van der Waals surface area contributed by atoms with Crippen molar-refractivity contribution in [2.24, 2.45) is 0 Å². The molecule has 0 bridgehead atoms. The Morgan fingerprint density at radius 2 is 1.80 bits per heavy atom. The van der Waals surface area contributed by atoms with Crippen LogP contribution in [0.25, 0.3) is 0 Å². The SMILES string of the molecule is CC(C)c1ccc(S(=O)(=O)N2CCC(N(C)C)C2)cc1. The summed E-state index contributed by atoms with van der Waals surface area (Å²) in [4.78, 5) is 2.50. The van der Waals surface area contributed by atoms with E-state index in [0.29, 0.717) is 29.9 Å². The van der Waals surface area contributed by atoms with Gasteiger partial charge in [0.05, 0.1) is 4.90 Å². The van der Waals surface area contributed by atoms with E-state index in [1.807, 2.05) is 26.2 Å². The van der Waals surface area contributed by atoms with Crippen LogP contribution in [0.15, 0.2) is 29.2 Å². The highest BCUT2D eigenvalue weighted by atomic mass is 32.2. The maximum Gasteiger partial charge on any atom is 0.243 e. The average molecular weight is 296 g/mol. The quantitative estimate of drug-likeness (QED) is 0.854. The molecule has 112 valence electrons. The summed E-state index contributed by atoms with van der Waals surface area (Å²) in [6.45, 7) is 5.40. The molecule has 0 N–H and O–H groups in total. The van der Waals surface area contributed by atoms with Crippen molar-refractivity contribution in [3.8, 4) is 0 Å². The first-order valence-corrected chi connectivity index (χ1v) is 8.53. The van der Waals surface area contributed by atoms with Gasteiger partial charge in [-0.2, -0.15) is 4.31 Å². The molecule has 1 aliphatic heterocycles. The van der Waals surface area contributed by atoms with Crippen molar-refractivity contribution < 1.29 is 8.42 Å². The molecular formula is C15H24N2O2S. The molecule has 0 spiro atoms. The normalized spacial score (nSPS) is 21.0. The van der Waals surface area contributed by atoms with Crippen LogP contribution in [-0.4, -0.2) is 50.8 Å². The van der Waals surface area contributed by atoms with Gasteiger partial charge in [-0.05, 0) is 44.1 Å². The smallest absolute Gasteiger partial charge is 0.243 e. The van der Waals surface area contributed by atoms with E-state index < -0.39 is 10.0 Å². The van der Waals surface area contributed by atoms with Crippen LogP contribution in [0, 0.1) is 0 Å². The Kier molecular flexibility index (Phi) is 4.52. The van der Waals surface area contributed by atoms with Crippen molar-refractivity contribution in [3.05, 3.63) is 29.8 Å². The van der Waals surface area contributed by atoms with E-state index in [0.717, 1.165) is 12.0 Å². The van der Waals surface area contributed by atoms with E-state index in [4.69, 9.17) is 0 Å². The third kappa shape index (κ3) is 3.05. The maximum absolute atomic E-state index is 12.6. The zero-order valence-corrected chi connectivity index (χ0v) is 13.5. The Hall–Kier alpha value is -0.910. The summed E-state index contributed by atoms with van der Waals surface area (Å²) in [6.07, 6.45) is 0.899. The lowest BCUT2D eigenvalue weighted by Crippen LogP contribution is -2.34. The summed E-state index contributed by atoms with van der Waals surface area (Å²) in [5.74, 6) is 0.414. The number of rotatable bonds is 4. The van der Waals surface area contributed by atoms with E-state index in [2.05, 4.69) is 18.7 Å². The summed E-state index contributed by atoms with van der Waals surface area (Å²) < 4.78 is 26.8. The fourth-order valence-corrected chi connectivity index (χ4v) is 4.02. The predicted octanol–water partition coefficient (Wildman–Crippen LogP) is 2.13. The Morgan fingerprint density at radius 1 is 1.20 bits per heavy atom. The highest BCUT2D eigenvalue weighted by molar-refractivity contribution is 7.89. The van der Waals surface area contributed by atoms with Crippen molar-refractivity contribution in [2.75, 3.05) is 27.2 Å². The molecule has 0 aliphatic carbocycles. The summed E-state index contributed by atoms with van der Waals surface area (Å²) >= 11 is 0. The molecule has 0 amide bonds. The van der Waals surface area contributed by atoms with E-state index in [9.17, 15) is 8.42 Å². The second-order valence-electron chi connectivity index (χ2n) is 5.99. The third-order valence-electron chi connectivity index (χ3n) is 4.04. The molecule has 1 heterocycles. The van der Waals surface area contributed by atoms with Crippen molar-refractivity contribution in [3.63, 3.8) is 0 Å². The van der Waals surface area contributed by atoms with Crippen LogP contribution in [0.3, 0.4) is 0 Å². The lowest BCUT2D eigenvalue weighted by molar-refractivity contribution is 0.302. The summed E-state index contributed by atoms with van der Waals surface area (Å²) in [7, 11) is 0.656. The van der Waals surface area contributed by atoms with E-state index in [1.165, 1.54) is 0 Å². The molecule has 1 aromatic carbocycles. The molecule has 2 rings (SSSR count). The maximum atomic E-state index is 12.6. The van der Waals surface area contributed by atoms with Crippen LogP contribution >= 0.6 is 0 Å². The van der Waals surface area contributed by atoms with Gasteiger partial charge < -0.3 is 4.90 Å². The molecule has 0 radical (unpaired) electrons. The molecule has 0 saturated carbocycles. The fraction of sp³-hybridized carbons (Fsp3) is 0.600. The minimum absolute atomic E-state index is 0.319. The summed E-state index contributed by atoms with van der Waals surface area (Å²) in [5, 5.41) is 0. The van der Waals surface area contributed by atoms with Gasteiger partial charge in [0.15, 0.2) is 0 Å². The third-order valence-corrected chi connectivity index (χ3v) is 5.92. The number of likely N-dealkylation sites (N-methyl/N-ethyl adjacent to an activating group) is 1. The van der Waals surface area contributed by atoms with Gasteiger partial charge in [-0.25, -0.2) is 8.42 Å². The van der Waals surface area contributed by atoms with Crippen molar-refractivity contribution in [1.29, 1.82) is 0 Å². The van der Waals surface area contributed by atoms with Gasteiger partial charge >= 0.3 is 0 Å². The zero-order valence-electron chi connectivity index (χ0n) is 12.7. The van der Waals surface area contributed by atoms with Crippen LogP contribution in [0.2, 0.25) is 0 Å². The van der Waals surface area contributed by atoms with Crippen LogP contribution in [0.4, 0.5) is 0 Å². The van der Waals surface area contributed by atoms with Gasteiger partial charge in [0.25, 0.3) is 0 Å². The Bertz CT molecular complexity index is 550. The molecule has 20 heavy (non-hydrogen) atoms. The minimum Gasteiger partial charge on any atom is -0.305 e. The van der Waals surface area contributed by atoms with Crippen LogP contribution in [0.5, 0.6) is 0 Å². The molecule has 1 fully saturated rings. The number of benzene rings is 1. The molecule has 1 aliphatic rings. The van der Waals surface area contributed by atoms with Crippen LogP contribution in [0.1, 0.15) is 31.7 Å². The molecule has 1 saturated heterocycles. The Balaban J connectivity index is 2.19. The highest BCUT2D eigenvalue weighted by Crippen LogP contribution is 2.24. The first-order chi connectivity index (χ1) is 9.32. The zero-order chi connectivity index (χ0) is 14.9. The van der Waals surface area contributed by atoms with Gasteiger partial charge in [0, 0.05) is 19.1 Å². The first-order valence-electron chi connectivity index (χ1n) is 7.09. The monoisotopic (exact) mass is 296 g/mol. The van der Waals surface area contributed by atoms with Crippen molar-refractivity contribution >= 4 is 10.0 Å². The largest absolute Gasteiger partial charge is 0.305 e. The molecule has 1 atom stereocenters. The Labute approximate surface area is 122 Å². The molecule has 5 heteroatoms. The molecule has 1 aromatic rings. The second kappa shape index (κ2) is 5.84. The molecule has 4 nitrogen and oxygen atoms in total. The second-order valence-corrected chi connectivity index (χ2v) is 7.93. The van der Waals surface area contributed by atoms with Gasteiger partial charge in [0.2, 0.25) is 10.0 Å². The molecular weight excluding hydrogens is 272 g/mol. The molecule has 0 aromatic heterocycles. The van der Waals surface area contributed by atoms with Gasteiger partial charge in [-0.1, -0.05) is 26.0 Å². The number of hydrogen-bond donors (Lipinski definition) is 0. The standard InChI is InChI=1S/C15H24N2O2S/c1-12(2)13-5-7-15(8-6-13)20(18,19)17-10-9-14(11-17)16(3)4/h5-8,12,14H,9-11H2,1-4H3. The topological polar surface area (TPSA) is 40.6 Å². The van der Waals surface area contributed by atoms with Crippen LogP contribution in [-0.2, 0) is 10.0 Å². The van der Waals surface area contributed by atoms with Crippen molar-refractivity contribution in [1.82, 2.24) is 9.21 Å². The van der Waals surface area contributed by atoms with Gasteiger partial charge in [-0.3, -0.25) is 0 Å². The number of hydrogen-bond acceptors (Lipinski definition) is 3. The van der Waals surface area contributed by atoms with E-state index in [-0.39, 0.29) is 0 Å². The molecule has 1 unspecified atom stereocenters. The lowest BCUT2D eigenvalue weighted by Gasteiger charge is -2.20. The minimum atomic E-state index is -3.34. The first kappa shape index (κ1) is 15.5. The average Bonchev–Trinajstić information content (AvgIpc) is 2.89. The summed E-state index contributed by atoms with van der Waals surface area (Å²) in [5.41, 5.74) is 1.16. The number of nitrogens with zero attached hydrogens (tertiary/aromatic N) is 2. The van der Waals surface area contributed by atoms with Gasteiger partial charge in [-0.15, -0.1) is 0 Å². The van der Waals surface area contributed by atoms with Crippen molar-refractivity contribution in [2.45, 2.75) is 37.1 Å². The van der Waals surface area contributed by atoms with Gasteiger partial charge in [0.1, 0.15) is 0 Å². The highest BCUT2D eigenvalue weighted by Gasteiger charge is 2.33. The lowest BCUT2D eigenvalue weighted by atomic mass is 10.0. The Morgan fingerprint density at radius 3 is 2.25 bits per heavy atom. The fourth-order valence-electron chi connectivity index (χ4n) is 2.52. The van der Waals surface area contributed by atoms with E-state index in [1.54, 1.807) is 16.4 Å². The van der Waals surface area contributed by atoms with Crippen LogP contribution < -0.4 is 0 Å². The summed E-state index contributed by atoms with van der Waals surface area (Å²) in [6, 6.07) is 7.61. The predicted molar refractivity (Wildman–Crippen MR) is 81.4 cm³/mol. The van der Waals surface area contributed by atoms with E-state index >= 15 is 0 Å². The number of sulfonamides is 1.